The summed E-state index contributed by atoms with van der Waals surface area (Å²) in [5, 5.41) is 1.79. The van der Waals surface area contributed by atoms with Gasteiger partial charge in [-0.25, -0.2) is 8.42 Å². The van der Waals surface area contributed by atoms with Crippen LogP contribution in [0.25, 0.3) is 0 Å². The summed E-state index contributed by atoms with van der Waals surface area (Å²) in [7, 11) is -3.38. The van der Waals surface area contributed by atoms with E-state index in [0.717, 1.165) is 24.5 Å². The number of piperazine rings is 1. The van der Waals surface area contributed by atoms with Crippen LogP contribution in [-0.4, -0.2) is 50.3 Å². The summed E-state index contributed by atoms with van der Waals surface area (Å²) in [5.41, 5.74) is 0. The predicted molar refractivity (Wildman–Crippen MR) is 83.9 cm³/mol. The molecular formula is C13H21ClN2O2S2. The highest BCUT2D eigenvalue weighted by Crippen LogP contribution is 2.27. The maximum absolute atomic E-state index is 12.6. The van der Waals surface area contributed by atoms with Gasteiger partial charge in [-0.05, 0) is 17.4 Å². The zero-order valence-electron chi connectivity index (χ0n) is 11.9. The van der Waals surface area contributed by atoms with Crippen LogP contribution in [0.15, 0.2) is 16.3 Å². The SMILES string of the molecule is CC(C)CN1CCN(S(=O)(=O)c2ccsc2CCl)CC1. The molecule has 1 aliphatic rings. The van der Waals surface area contributed by atoms with E-state index in [2.05, 4.69) is 18.7 Å². The first-order valence-electron chi connectivity index (χ1n) is 6.80. The van der Waals surface area contributed by atoms with Crippen LogP contribution in [-0.2, 0) is 15.9 Å². The molecule has 1 saturated heterocycles. The van der Waals surface area contributed by atoms with Crippen molar-refractivity contribution in [1.82, 2.24) is 9.21 Å². The first-order chi connectivity index (χ1) is 9.45. The number of hydrogen-bond donors (Lipinski definition) is 0. The van der Waals surface area contributed by atoms with E-state index < -0.39 is 10.0 Å². The largest absolute Gasteiger partial charge is 0.300 e. The van der Waals surface area contributed by atoms with E-state index in [1.54, 1.807) is 15.8 Å². The van der Waals surface area contributed by atoms with Crippen molar-refractivity contribution in [3.8, 4) is 0 Å². The Balaban J connectivity index is 2.06. The third-order valence-corrected chi connectivity index (χ3v) is 6.86. The molecule has 0 amide bonds. The monoisotopic (exact) mass is 336 g/mol. The van der Waals surface area contributed by atoms with Gasteiger partial charge in [-0.2, -0.15) is 4.31 Å². The Hall–Kier alpha value is -0.140. The van der Waals surface area contributed by atoms with E-state index in [4.69, 9.17) is 11.6 Å². The average molecular weight is 337 g/mol. The number of hydrogen-bond acceptors (Lipinski definition) is 4. The zero-order valence-corrected chi connectivity index (χ0v) is 14.3. The lowest BCUT2D eigenvalue weighted by Gasteiger charge is -2.34. The van der Waals surface area contributed by atoms with Gasteiger partial charge in [0.2, 0.25) is 10.0 Å². The maximum atomic E-state index is 12.6. The summed E-state index contributed by atoms with van der Waals surface area (Å²) in [4.78, 5) is 3.44. The fourth-order valence-electron chi connectivity index (χ4n) is 2.46. The van der Waals surface area contributed by atoms with Crippen molar-refractivity contribution in [3.63, 3.8) is 0 Å². The van der Waals surface area contributed by atoms with Crippen LogP contribution < -0.4 is 0 Å². The van der Waals surface area contributed by atoms with Crippen molar-refractivity contribution < 1.29 is 8.42 Å². The molecular weight excluding hydrogens is 316 g/mol. The van der Waals surface area contributed by atoms with E-state index in [-0.39, 0.29) is 5.88 Å². The zero-order chi connectivity index (χ0) is 14.8. The van der Waals surface area contributed by atoms with E-state index in [9.17, 15) is 8.42 Å². The van der Waals surface area contributed by atoms with Crippen molar-refractivity contribution in [2.45, 2.75) is 24.6 Å². The van der Waals surface area contributed by atoms with Gasteiger partial charge >= 0.3 is 0 Å². The van der Waals surface area contributed by atoms with E-state index in [1.807, 2.05) is 0 Å². The van der Waals surface area contributed by atoms with E-state index >= 15 is 0 Å². The molecule has 20 heavy (non-hydrogen) atoms. The summed E-state index contributed by atoms with van der Waals surface area (Å²) < 4.78 is 26.8. The van der Waals surface area contributed by atoms with Gasteiger partial charge in [-0.3, -0.25) is 0 Å². The van der Waals surface area contributed by atoms with Crippen molar-refractivity contribution in [2.24, 2.45) is 5.92 Å². The van der Waals surface area contributed by atoms with E-state index in [0.29, 0.717) is 23.9 Å². The van der Waals surface area contributed by atoms with Crippen LogP contribution in [0.2, 0.25) is 0 Å². The highest BCUT2D eigenvalue weighted by Gasteiger charge is 2.30. The number of rotatable bonds is 5. The van der Waals surface area contributed by atoms with Crippen LogP contribution in [0, 0.1) is 5.92 Å². The molecule has 1 fully saturated rings. The highest BCUT2D eigenvalue weighted by molar-refractivity contribution is 7.89. The number of nitrogens with zero attached hydrogens (tertiary/aromatic N) is 2. The number of thiophene rings is 1. The van der Waals surface area contributed by atoms with Gasteiger partial charge in [-0.1, -0.05) is 13.8 Å². The highest BCUT2D eigenvalue weighted by atomic mass is 35.5. The van der Waals surface area contributed by atoms with Crippen LogP contribution in [0.3, 0.4) is 0 Å². The summed E-state index contributed by atoms with van der Waals surface area (Å²) in [5.74, 6) is 0.859. The van der Waals surface area contributed by atoms with Gasteiger partial charge in [0.25, 0.3) is 0 Å². The maximum Gasteiger partial charge on any atom is 0.244 e. The topological polar surface area (TPSA) is 40.6 Å². The van der Waals surface area contributed by atoms with Crippen molar-refractivity contribution >= 4 is 33.0 Å². The van der Waals surface area contributed by atoms with Crippen LogP contribution in [0.4, 0.5) is 0 Å². The molecule has 0 aliphatic carbocycles. The van der Waals surface area contributed by atoms with Gasteiger partial charge in [0, 0.05) is 37.6 Å². The van der Waals surface area contributed by atoms with E-state index in [1.165, 1.54) is 11.3 Å². The van der Waals surface area contributed by atoms with Gasteiger partial charge in [-0.15, -0.1) is 22.9 Å². The first kappa shape index (κ1) is 16.2. The standard InChI is InChI=1S/C13H21ClN2O2S2/c1-11(2)10-15-4-6-16(7-5-15)20(17,18)13-3-8-19-12(13)9-14/h3,8,11H,4-7,9-10H2,1-2H3. The molecule has 4 nitrogen and oxygen atoms in total. The normalized spacial score (nSPS) is 18.8. The quantitative estimate of drug-likeness (QED) is 0.775. The summed E-state index contributed by atoms with van der Waals surface area (Å²) in [6, 6.07) is 1.66. The molecule has 7 heteroatoms. The Morgan fingerprint density at radius 3 is 2.50 bits per heavy atom. The molecule has 0 aromatic carbocycles. The van der Waals surface area contributed by atoms with Gasteiger partial charge in [0.15, 0.2) is 0 Å². The summed E-state index contributed by atoms with van der Waals surface area (Å²) in [6.45, 7) is 8.12. The molecule has 2 rings (SSSR count). The lowest BCUT2D eigenvalue weighted by atomic mass is 10.2. The number of sulfonamides is 1. The smallest absolute Gasteiger partial charge is 0.244 e. The fraction of sp³-hybridized carbons (Fsp3) is 0.692. The predicted octanol–water partition coefficient (Wildman–Crippen LogP) is 2.45. The van der Waals surface area contributed by atoms with Gasteiger partial charge in [0.1, 0.15) is 0 Å². The molecule has 0 spiro atoms. The third kappa shape index (κ3) is 3.54. The Kier molecular flexibility index (Phi) is 5.48. The molecule has 1 aromatic heterocycles. The molecule has 0 radical (unpaired) electrons. The molecule has 114 valence electrons. The van der Waals surface area contributed by atoms with Gasteiger partial charge < -0.3 is 4.90 Å². The first-order valence-corrected chi connectivity index (χ1v) is 9.65. The average Bonchev–Trinajstić information content (AvgIpc) is 2.87. The van der Waals surface area contributed by atoms with Crippen molar-refractivity contribution in [3.05, 3.63) is 16.3 Å². The van der Waals surface area contributed by atoms with Crippen molar-refractivity contribution in [1.29, 1.82) is 0 Å². The number of halogens is 1. The lowest BCUT2D eigenvalue weighted by Crippen LogP contribution is -2.49. The second kappa shape index (κ2) is 6.75. The summed E-state index contributed by atoms with van der Waals surface area (Å²) in [6.07, 6.45) is 0. The molecule has 2 heterocycles. The fourth-order valence-corrected chi connectivity index (χ4v) is 5.56. The Morgan fingerprint density at radius 1 is 1.30 bits per heavy atom. The molecule has 1 aromatic rings. The number of alkyl halides is 1. The molecule has 0 saturated carbocycles. The van der Waals surface area contributed by atoms with Gasteiger partial charge in [0.05, 0.1) is 10.8 Å². The second-order valence-corrected chi connectivity index (χ2v) is 8.61. The summed E-state index contributed by atoms with van der Waals surface area (Å²) >= 11 is 7.22. The third-order valence-electron chi connectivity index (χ3n) is 3.40. The molecule has 0 unspecified atom stereocenters. The Bertz CT molecular complexity index is 534. The molecule has 1 aliphatic heterocycles. The lowest BCUT2D eigenvalue weighted by molar-refractivity contribution is 0.172. The molecule has 0 atom stereocenters. The molecule has 0 N–H and O–H groups in total. The Morgan fingerprint density at radius 2 is 1.95 bits per heavy atom. The minimum Gasteiger partial charge on any atom is -0.300 e. The van der Waals surface area contributed by atoms with Crippen molar-refractivity contribution in [2.75, 3.05) is 32.7 Å². The van der Waals surface area contributed by atoms with Crippen LogP contribution >= 0.6 is 22.9 Å². The molecule has 0 bridgehead atoms. The minimum absolute atomic E-state index is 0.250. The second-order valence-electron chi connectivity index (χ2n) is 5.44. The Labute approximate surface area is 130 Å². The minimum atomic E-state index is -3.38. The van der Waals surface area contributed by atoms with Crippen LogP contribution in [0.5, 0.6) is 0 Å². The van der Waals surface area contributed by atoms with Crippen LogP contribution in [0.1, 0.15) is 18.7 Å².